The van der Waals surface area contributed by atoms with Crippen molar-refractivity contribution >= 4 is 0 Å². The van der Waals surface area contributed by atoms with Crippen LogP contribution in [0.1, 0.15) is 43.2 Å². The molecule has 0 amide bonds. The zero-order valence-corrected chi connectivity index (χ0v) is 13.2. The van der Waals surface area contributed by atoms with E-state index in [0.717, 1.165) is 6.42 Å². The fourth-order valence-electron chi connectivity index (χ4n) is 4.05. The van der Waals surface area contributed by atoms with E-state index < -0.39 is 0 Å². The second kappa shape index (κ2) is 7.08. The lowest BCUT2D eigenvalue weighted by Gasteiger charge is -2.44. The van der Waals surface area contributed by atoms with Crippen LogP contribution in [0.25, 0.3) is 0 Å². The van der Waals surface area contributed by atoms with Gasteiger partial charge in [-0.2, -0.15) is 0 Å². The van der Waals surface area contributed by atoms with E-state index in [2.05, 4.69) is 66.1 Å². The molecule has 0 aromatic heterocycles. The van der Waals surface area contributed by atoms with Crippen molar-refractivity contribution < 1.29 is 0 Å². The fourth-order valence-corrected chi connectivity index (χ4v) is 4.05. The van der Waals surface area contributed by atoms with E-state index in [-0.39, 0.29) is 11.5 Å². The van der Waals surface area contributed by atoms with Gasteiger partial charge in [0.25, 0.3) is 0 Å². The highest BCUT2D eigenvalue weighted by atomic mass is 15.2. The molecule has 1 aliphatic rings. The van der Waals surface area contributed by atoms with E-state index in [9.17, 15) is 0 Å². The van der Waals surface area contributed by atoms with Gasteiger partial charge in [-0.25, -0.2) is 0 Å². The Labute approximate surface area is 133 Å². The first-order chi connectivity index (χ1) is 10.8. The van der Waals surface area contributed by atoms with Gasteiger partial charge in [0.1, 0.15) is 0 Å². The van der Waals surface area contributed by atoms with Crippen LogP contribution in [0.4, 0.5) is 0 Å². The molecular weight excluding hydrogens is 268 g/mol. The smallest absolute Gasteiger partial charge is 0.0347 e. The standard InChI is InChI=1S/C20H26N2/c21-22-19(16-17-10-4-1-5-11-17)20(14-8-3-9-15-20)18-12-6-2-7-13-18/h1-2,4-7,10-13,19,22H,3,8-9,14-16,21H2. The molecule has 0 bridgehead atoms. The van der Waals surface area contributed by atoms with Gasteiger partial charge < -0.3 is 0 Å². The first kappa shape index (κ1) is 15.3. The summed E-state index contributed by atoms with van der Waals surface area (Å²) in [6.07, 6.45) is 7.35. The van der Waals surface area contributed by atoms with E-state index in [1.807, 2.05) is 0 Å². The van der Waals surface area contributed by atoms with Crippen LogP contribution in [0.15, 0.2) is 60.7 Å². The number of hydrazine groups is 1. The predicted molar refractivity (Wildman–Crippen MR) is 92.5 cm³/mol. The molecule has 2 aromatic rings. The molecule has 2 aromatic carbocycles. The van der Waals surface area contributed by atoms with Crippen molar-refractivity contribution in [2.24, 2.45) is 5.84 Å². The minimum absolute atomic E-state index is 0.157. The lowest BCUT2D eigenvalue weighted by Crippen LogP contribution is -2.53. The molecule has 0 radical (unpaired) electrons. The van der Waals surface area contributed by atoms with Gasteiger partial charge in [-0.05, 0) is 30.4 Å². The number of benzene rings is 2. The Morgan fingerprint density at radius 2 is 1.45 bits per heavy atom. The predicted octanol–water partition coefficient (Wildman–Crippen LogP) is 3.96. The van der Waals surface area contributed by atoms with Crippen molar-refractivity contribution in [2.75, 3.05) is 0 Å². The zero-order valence-electron chi connectivity index (χ0n) is 13.2. The van der Waals surface area contributed by atoms with Crippen molar-refractivity contribution in [1.82, 2.24) is 5.43 Å². The third-order valence-electron chi connectivity index (χ3n) is 5.25. The minimum atomic E-state index is 0.157. The van der Waals surface area contributed by atoms with E-state index in [4.69, 9.17) is 5.84 Å². The highest BCUT2D eigenvalue weighted by Crippen LogP contribution is 2.42. The van der Waals surface area contributed by atoms with Gasteiger partial charge >= 0.3 is 0 Å². The fraction of sp³-hybridized carbons (Fsp3) is 0.400. The number of hydrogen-bond acceptors (Lipinski definition) is 2. The van der Waals surface area contributed by atoms with Gasteiger partial charge in [-0.15, -0.1) is 0 Å². The second-order valence-corrected chi connectivity index (χ2v) is 6.49. The van der Waals surface area contributed by atoms with Crippen LogP contribution >= 0.6 is 0 Å². The summed E-state index contributed by atoms with van der Waals surface area (Å²) in [5.41, 5.74) is 6.11. The molecule has 1 saturated carbocycles. The molecule has 1 unspecified atom stereocenters. The van der Waals surface area contributed by atoms with E-state index in [0.29, 0.717) is 0 Å². The second-order valence-electron chi connectivity index (χ2n) is 6.49. The topological polar surface area (TPSA) is 38.0 Å². The van der Waals surface area contributed by atoms with Crippen LogP contribution in [-0.4, -0.2) is 6.04 Å². The Bertz CT molecular complexity index is 559. The lowest BCUT2D eigenvalue weighted by molar-refractivity contribution is 0.211. The van der Waals surface area contributed by atoms with E-state index in [1.165, 1.54) is 43.2 Å². The molecule has 0 saturated heterocycles. The molecule has 0 heterocycles. The van der Waals surface area contributed by atoms with Crippen molar-refractivity contribution in [1.29, 1.82) is 0 Å². The average Bonchev–Trinajstić information content (AvgIpc) is 2.62. The van der Waals surface area contributed by atoms with E-state index in [1.54, 1.807) is 0 Å². The summed E-state index contributed by atoms with van der Waals surface area (Å²) in [6, 6.07) is 21.9. The van der Waals surface area contributed by atoms with Crippen molar-refractivity contribution in [2.45, 2.75) is 50.0 Å². The summed E-state index contributed by atoms with van der Waals surface area (Å²) >= 11 is 0. The molecule has 3 rings (SSSR count). The average molecular weight is 294 g/mol. The molecule has 3 N–H and O–H groups in total. The summed E-state index contributed by atoms with van der Waals surface area (Å²) in [7, 11) is 0. The normalized spacial score (nSPS) is 18.8. The summed E-state index contributed by atoms with van der Waals surface area (Å²) < 4.78 is 0. The summed E-state index contributed by atoms with van der Waals surface area (Å²) in [4.78, 5) is 0. The number of rotatable bonds is 5. The number of nitrogens with one attached hydrogen (secondary N) is 1. The SMILES string of the molecule is NNC(Cc1ccccc1)C1(c2ccccc2)CCCCC1. The van der Waals surface area contributed by atoms with Gasteiger partial charge in [0.15, 0.2) is 0 Å². The van der Waals surface area contributed by atoms with Gasteiger partial charge in [0, 0.05) is 11.5 Å². The van der Waals surface area contributed by atoms with Crippen LogP contribution in [0.3, 0.4) is 0 Å². The minimum Gasteiger partial charge on any atom is -0.271 e. The monoisotopic (exact) mass is 294 g/mol. The Hall–Kier alpha value is -1.64. The van der Waals surface area contributed by atoms with Crippen LogP contribution in [-0.2, 0) is 11.8 Å². The quantitative estimate of drug-likeness (QED) is 0.647. The third-order valence-corrected chi connectivity index (χ3v) is 5.25. The van der Waals surface area contributed by atoms with Crippen LogP contribution in [0, 0.1) is 0 Å². The molecule has 1 atom stereocenters. The molecule has 2 nitrogen and oxygen atoms in total. The van der Waals surface area contributed by atoms with Crippen molar-refractivity contribution in [3.05, 3.63) is 71.8 Å². The van der Waals surface area contributed by atoms with Crippen molar-refractivity contribution in [3.8, 4) is 0 Å². The summed E-state index contributed by atoms with van der Waals surface area (Å²) in [6.45, 7) is 0. The van der Waals surface area contributed by atoms with Crippen LogP contribution in [0.5, 0.6) is 0 Å². The Balaban J connectivity index is 1.93. The number of nitrogens with two attached hydrogens (primary N) is 1. The molecule has 1 aliphatic carbocycles. The van der Waals surface area contributed by atoms with Gasteiger partial charge in [0.2, 0.25) is 0 Å². The van der Waals surface area contributed by atoms with Crippen LogP contribution < -0.4 is 11.3 Å². The van der Waals surface area contributed by atoms with Gasteiger partial charge in [0.05, 0.1) is 0 Å². The molecule has 0 aliphatic heterocycles. The zero-order chi connectivity index (χ0) is 15.3. The van der Waals surface area contributed by atoms with Gasteiger partial charge in [-0.3, -0.25) is 11.3 Å². The maximum absolute atomic E-state index is 6.02. The molecule has 0 spiro atoms. The summed E-state index contributed by atoms with van der Waals surface area (Å²) in [5, 5.41) is 0. The molecule has 2 heteroatoms. The third kappa shape index (κ3) is 3.08. The van der Waals surface area contributed by atoms with E-state index >= 15 is 0 Å². The first-order valence-electron chi connectivity index (χ1n) is 8.41. The van der Waals surface area contributed by atoms with Crippen LogP contribution in [0.2, 0.25) is 0 Å². The molecule has 116 valence electrons. The largest absolute Gasteiger partial charge is 0.271 e. The Morgan fingerprint density at radius 3 is 2.05 bits per heavy atom. The van der Waals surface area contributed by atoms with Gasteiger partial charge in [-0.1, -0.05) is 79.9 Å². The maximum Gasteiger partial charge on any atom is 0.0347 e. The highest BCUT2D eigenvalue weighted by molar-refractivity contribution is 5.30. The molecular formula is C20H26N2. The first-order valence-corrected chi connectivity index (χ1v) is 8.41. The lowest BCUT2D eigenvalue weighted by atomic mass is 9.64. The molecule has 1 fully saturated rings. The highest BCUT2D eigenvalue weighted by Gasteiger charge is 2.40. The van der Waals surface area contributed by atoms with Crippen molar-refractivity contribution in [3.63, 3.8) is 0 Å². The Morgan fingerprint density at radius 1 is 0.864 bits per heavy atom. The number of hydrogen-bond donors (Lipinski definition) is 2. The Kier molecular flexibility index (Phi) is 4.91. The maximum atomic E-state index is 6.02. The molecule has 22 heavy (non-hydrogen) atoms. The summed E-state index contributed by atoms with van der Waals surface area (Å²) in [5.74, 6) is 6.02.